The summed E-state index contributed by atoms with van der Waals surface area (Å²) < 4.78 is 0. The maximum Gasteiger partial charge on any atom is 0.225 e. The molecule has 3 nitrogen and oxygen atoms in total. The smallest absolute Gasteiger partial charge is 0.225 e. The molecule has 1 unspecified atom stereocenters. The van der Waals surface area contributed by atoms with Gasteiger partial charge in [-0.15, -0.1) is 12.4 Å². The molecule has 6 heteroatoms. The number of piperidine rings is 1. The summed E-state index contributed by atoms with van der Waals surface area (Å²) in [5.41, 5.74) is 0.987. The third-order valence-electron chi connectivity index (χ3n) is 4.69. The standard InChI is InChI=1S/C18H26Cl2N2O.ClH/c1-13(11-15-3-4-16(19)12-17(15)20)18(23)22-9-6-14(7-10-22)5-8-21-2;/h3-4,12-14,21H,5-11H2,1-2H3;1H. The molecule has 2 rings (SSSR count). The molecule has 1 aromatic rings. The monoisotopic (exact) mass is 392 g/mol. The average Bonchev–Trinajstić information content (AvgIpc) is 2.55. The van der Waals surface area contributed by atoms with Crippen LogP contribution in [0, 0.1) is 11.8 Å². The first-order valence-electron chi connectivity index (χ1n) is 8.38. The summed E-state index contributed by atoms with van der Waals surface area (Å²) in [5, 5.41) is 4.47. The lowest BCUT2D eigenvalue weighted by atomic mass is 9.92. The quantitative estimate of drug-likeness (QED) is 0.775. The van der Waals surface area contributed by atoms with Crippen molar-refractivity contribution in [3.05, 3.63) is 33.8 Å². The summed E-state index contributed by atoms with van der Waals surface area (Å²) >= 11 is 12.1. The minimum absolute atomic E-state index is 0. The number of likely N-dealkylation sites (tertiary alicyclic amines) is 1. The van der Waals surface area contributed by atoms with Gasteiger partial charge in [-0.3, -0.25) is 4.79 Å². The third-order valence-corrected chi connectivity index (χ3v) is 5.28. The van der Waals surface area contributed by atoms with Crippen molar-refractivity contribution in [1.29, 1.82) is 0 Å². The predicted molar refractivity (Wildman–Crippen MR) is 104 cm³/mol. The number of hydrogen-bond acceptors (Lipinski definition) is 2. The lowest BCUT2D eigenvalue weighted by Crippen LogP contribution is -2.42. The number of nitrogens with one attached hydrogen (secondary N) is 1. The molecule has 136 valence electrons. The Morgan fingerprint density at radius 1 is 1.33 bits per heavy atom. The summed E-state index contributed by atoms with van der Waals surface area (Å²) in [5.74, 6) is 0.929. The second-order valence-electron chi connectivity index (χ2n) is 6.50. The Bertz CT molecular complexity index is 531. The van der Waals surface area contributed by atoms with Crippen molar-refractivity contribution in [2.75, 3.05) is 26.7 Å². The zero-order valence-corrected chi connectivity index (χ0v) is 16.7. The first-order chi connectivity index (χ1) is 11.0. The summed E-state index contributed by atoms with van der Waals surface area (Å²) in [6, 6.07) is 5.48. The van der Waals surface area contributed by atoms with E-state index in [1.165, 1.54) is 6.42 Å². The van der Waals surface area contributed by atoms with Crippen LogP contribution in [0.3, 0.4) is 0 Å². The van der Waals surface area contributed by atoms with E-state index in [1.54, 1.807) is 6.07 Å². The van der Waals surface area contributed by atoms with E-state index in [1.807, 2.05) is 31.0 Å². The fourth-order valence-corrected chi connectivity index (χ4v) is 3.69. The van der Waals surface area contributed by atoms with Gasteiger partial charge >= 0.3 is 0 Å². The highest BCUT2D eigenvalue weighted by Crippen LogP contribution is 2.25. The molecule has 0 aromatic heterocycles. The Morgan fingerprint density at radius 3 is 2.58 bits per heavy atom. The molecule has 0 radical (unpaired) electrons. The summed E-state index contributed by atoms with van der Waals surface area (Å²) in [7, 11) is 1.99. The minimum atomic E-state index is -0.0532. The van der Waals surface area contributed by atoms with E-state index in [9.17, 15) is 4.79 Å². The van der Waals surface area contributed by atoms with Crippen LogP contribution in [0.25, 0.3) is 0 Å². The van der Waals surface area contributed by atoms with Crippen LogP contribution in [0.5, 0.6) is 0 Å². The summed E-state index contributed by atoms with van der Waals surface area (Å²) in [6.07, 6.45) is 4.09. The van der Waals surface area contributed by atoms with Gasteiger partial charge in [-0.1, -0.05) is 36.2 Å². The Morgan fingerprint density at radius 2 is 2.00 bits per heavy atom. The number of benzene rings is 1. The third kappa shape index (κ3) is 6.11. The predicted octanol–water partition coefficient (Wildman–Crippen LogP) is 4.44. The van der Waals surface area contributed by atoms with Crippen LogP contribution in [0.2, 0.25) is 10.0 Å². The van der Waals surface area contributed by atoms with Crippen LogP contribution in [-0.2, 0) is 11.2 Å². The van der Waals surface area contributed by atoms with Gasteiger partial charge in [-0.05, 0) is 62.9 Å². The number of halogens is 3. The molecule has 24 heavy (non-hydrogen) atoms. The van der Waals surface area contributed by atoms with Crippen LogP contribution in [0.15, 0.2) is 18.2 Å². The summed E-state index contributed by atoms with van der Waals surface area (Å²) in [4.78, 5) is 14.7. The normalized spacial score (nSPS) is 16.6. The second kappa shape index (κ2) is 10.5. The number of nitrogens with zero attached hydrogens (tertiary/aromatic N) is 1. The maximum atomic E-state index is 12.6. The van der Waals surface area contributed by atoms with E-state index < -0.39 is 0 Å². The van der Waals surface area contributed by atoms with Crippen LogP contribution < -0.4 is 5.32 Å². The average molecular weight is 394 g/mol. The molecule has 0 spiro atoms. The molecule has 1 atom stereocenters. The fourth-order valence-electron chi connectivity index (χ4n) is 3.21. The van der Waals surface area contributed by atoms with E-state index >= 15 is 0 Å². The molecule has 0 saturated carbocycles. The Kier molecular flexibility index (Phi) is 9.43. The molecule has 1 aliphatic heterocycles. The van der Waals surface area contributed by atoms with Gasteiger partial charge in [-0.25, -0.2) is 0 Å². The molecule has 1 saturated heterocycles. The molecule has 0 bridgehead atoms. The molecular formula is C18H27Cl3N2O. The van der Waals surface area contributed by atoms with Gasteiger partial charge in [0.25, 0.3) is 0 Å². The number of rotatable bonds is 6. The van der Waals surface area contributed by atoms with Gasteiger partial charge in [0.2, 0.25) is 5.91 Å². The number of carbonyl (C=O) groups is 1. The Hall–Kier alpha value is -0.480. The number of hydrogen-bond donors (Lipinski definition) is 1. The Labute approximate surface area is 161 Å². The fraction of sp³-hybridized carbons (Fsp3) is 0.611. The van der Waals surface area contributed by atoms with E-state index in [-0.39, 0.29) is 24.2 Å². The molecule has 1 amide bonds. The first kappa shape index (κ1) is 21.6. The molecule has 0 aliphatic carbocycles. The lowest BCUT2D eigenvalue weighted by molar-refractivity contribution is -0.136. The van der Waals surface area contributed by atoms with Crippen molar-refractivity contribution in [3.8, 4) is 0 Å². The van der Waals surface area contributed by atoms with Crippen LogP contribution in [0.4, 0.5) is 0 Å². The van der Waals surface area contributed by atoms with Gasteiger partial charge in [0.05, 0.1) is 0 Å². The second-order valence-corrected chi connectivity index (χ2v) is 7.35. The van der Waals surface area contributed by atoms with Gasteiger partial charge < -0.3 is 10.2 Å². The summed E-state index contributed by atoms with van der Waals surface area (Å²) in [6.45, 7) is 4.81. The minimum Gasteiger partial charge on any atom is -0.342 e. The molecular weight excluding hydrogens is 367 g/mol. The van der Waals surface area contributed by atoms with Gasteiger partial charge in [0.1, 0.15) is 0 Å². The number of carbonyl (C=O) groups excluding carboxylic acids is 1. The molecule has 1 aliphatic rings. The van der Waals surface area contributed by atoms with Gasteiger partial charge in [0.15, 0.2) is 0 Å². The Balaban J connectivity index is 0.00000288. The highest BCUT2D eigenvalue weighted by atomic mass is 35.5. The first-order valence-corrected chi connectivity index (χ1v) is 9.14. The topological polar surface area (TPSA) is 32.3 Å². The zero-order chi connectivity index (χ0) is 16.8. The molecule has 1 aromatic carbocycles. The van der Waals surface area contributed by atoms with Gasteiger partial charge in [0, 0.05) is 29.1 Å². The number of amides is 1. The van der Waals surface area contributed by atoms with Crippen molar-refractivity contribution in [1.82, 2.24) is 10.2 Å². The van der Waals surface area contributed by atoms with Crippen molar-refractivity contribution in [3.63, 3.8) is 0 Å². The highest BCUT2D eigenvalue weighted by Gasteiger charge is 2.26. The SMILES string of the molecule is CNCCC1CCN(C(=O)C(C)Cc2ccc(Cl)cc2Cl)CC1.Cl. The van der Waals surface area contributed by atoms with E-state index in [0.29, 0.717) is 16.5 Å². The zero-order valence-electron chi connectivity index (χ0n) is 14.4. The van der Waals surface area contributed by atoms with Gasteiger partial charge in [-0.2, -0.15) is 0 Å². The molecule has 1 N–H and O–H groups in total. The maximum absolute atomic E-state index is 12.6. The van der Waals surface area contributed by atoms with E-state index in [2.05, 4.69) is 5.32 Å². The van der Waals surface area contributed by atoms with Crippen molar-refractivity contribution >= 4 is 41.5 Å². The van der Waals surface area contributed by atoms with Crippen LogP contribution in [0.1, 0.15) is 31.7 Å². The molecule has 1 heterocycles. The van der Waals surface area contributed by atoms with E-state index in [0.717, 1.165) is 44.0 Å². The van der Waals surface area contributed by atoms with Crippen LogP contribution in [-0.4, -0.2) is 37.5 Å². The highest BCUT2D eigenvalue weighted by molar-refractivity contribution is 6.35. The van der Waals surface area contributed by atoms with Crippen molar-refractivity contribution in [2.45, 2.75) is 32.6 Å². The van der Waals surface area contributed by atoms with Crippen LogP contribution >= 0.6 is 35.6 Å². The van der Waals surface area contributed by atoms with Crippen molar-refractivity contribution in [2.24, 2.45) is 11.8 Å². The molecule has 1 fully saturated rings. The van der Waals surface area contributed by atoms with E-state index in [4.69, 9.17) is 23.2 Å². The largest absolute Gasteiger partial charge is 0.342 e. The van der Waals surface area contributed by atoms with Crippen molar-refractivity contribution < 1.29 is 4.79 Å². The lowest BCUT2D eigenvalue weighted by Gasteiger charge is -2.33.